The van der Waals surface area contributed by atoms with Crippen molar-refractivity contribution in [2.24, 2.45) is 0 Å². The van der Waals surface area contributed by atoms with Gasteiger partial charge in [-0.3, -0.25) is 0 Å². The van der Waals surface area contributed by atoms with Gasteiger partial charge in [0.05, 0.1) is 22.1 Å². The monoisotopic (exact) mass is 687 g/mol. The number of hydrogen-bond donors (Lipinski definition) is 2. The van der Waals surface area contributed by atoms with Gasteiger partial charge in [-0.15, -0.1) is 0 Å². The van der Waals surface area contributed by atoms with E-state index in [0.717, 1.165) is 51.7 Å². The van der Waals surface area contributed by atoms with Gasteiger partial charge in [0.1, 0.15) is 6.07 Å². The predicted octanol–water partition coefficient (Wildman–Crippen LogP) is 8.20. The second-order valence-corrected chi connectivity index (χ2v) is 14.0. The summed E-state index contributed by atoms with van der Waals surface area (Å²) in [5.41, 5.74) is 6.56. The molecule has 0 fully saturated rings. The van der Waals surface area contributed by atoms with Crippen LogP contribution in [0.4, 0.5) is 0 Å². The van der Waals surface area contributed by atoms with Crippen molar-refractivity contribution < 1.29 is 18.3 Å². The van der Waals surface area contributed by atoms with Gasteiger partial charge < -0.3 is 9.67 Å². The van der Waals surface area contributed by atoms with E-state index in [9.17, 15) is 23.6 Å². The minimum absolute atomic E-state index is 0.0505. The van der Waals surface area contributed by atoms with E-state index in [1.54, 1.807) is 24.3 Å². The van der Waals surface area contributed by atoms with Crippen molar-refractivity contribution in [1.29, 1.82) is 5.26 Å². The molecule has 246 valence electrons. The first kappa shape index (κ1) is 33.7. The van der Waals surface area contributed by atoms with Crippen LogP contribution in [0.2, 0.25) is 5.02 Å². The highest BCUT2D eigenvalue weighted by Gasteiger charge is 2.26. The molecule has 5 aromatic carbocycles. The zero-order valence-electron chi connectivity index (χ0n) is 26.6. The Hall–Kier alpha value is -5.20. The Morgan fingerprint density at radius 2 is 1.45 bits per heavy atom. The molecule has 0 radical (unpaired) electrons. The maximum absolute atomic E-state index is 13.4. The quantitative estimate of drug-likeness (QED) is 0.127. The van der Waals surface area contributed by atoms with E-state index >= 15 is 0 Å². The van der Waals surface area contributed by atoms with Gasteiger partial charge in [-0.1, -0.05) is 96.5 Å². The van der Waals surface area contributed by atoms with Gasteiger partial charge in [-0.05, 0) is 84.0 Å². The fourth-order valence-electron chi connectivity index (χ4n) is 6.47. The van der Waals surface area contributed by atoms with Crippen molar-refractivity contribution >= 4 is 38.5 Å². The molecule has 1 aromatic heterocycles. The number of carboxylic acid groups (broad SMARTS) is 1. The van der Waals surface area contributed by atoms with Crippen LogP contribution in [0.3, 0.4) is 0 Å². The summed E-state index contributed by atoms with van der Waals surface area (Å²) in [4.78, 5) is 11.3. The highest BCUT2D eigenvalue weighted by molar-refractivity contribution is 7.89. The second-order valence-electron chi connectivity index (χ2n) is 11.8. The molecular formula is C40H34ClN3O4S. The molecule has 0 saturated heterocycles. The lowest BCUT2D eigenvalue weighted by atomic mass is 9.97. The minimum Gasteiger partial charge on any atom is -0.478 e. The maximum Gasteiger partial charge on any atom is 0.335 e. The summed E-state index contributed by atoms with van der Waals surface area (Å²) in [7, 11) is -3.97. The summed E-state index contributed by atoms with van der Waals surface area (Å²) < 4.78 is 31.9. The molecule has 2 N–H and O–H groups in total. The smallest absolute Gasteiger partial charge is 0.335 e. The SMILES string of the molecule is N#Cc1ccccc1S(=O)(=O)NCCc1c(CCCc2ccc(C(=O)O)cc2)c2cc(Cl)ccc2n1C(c1ccccc1)c1ccccc1. The van der Waals surface area contributed by atoms with Gasteiger partial charge in [0.25, 0.3) is 0 Å². The van der Waals surface area contributed by atoms with E-state index in [4.69, 9.17) is 11.6 Å². The maximum atomic E-state index is 13.4. The van der Waals surface area contributed by atoms with Crippen molar-refractivity contribution in [3.63, 3.8) is 0 Å². The number of hydrogen-bond acceptors (Lipinski definition) is 4. The number of aromatic nitrogens is 1. The van der Waals surface area contributed by atoms with Crippen LogP contribution < -0.4 is 4.72 Å². The lowest BCUT2D eigenvalue weighted by molar-refractivity contribution is 0.0697. The zero-order chi connectivity index (χ0) is 34.4. The Labute approximate surface area is 291 Å². The zero-order valence-corrected chi connectivity index (χ0v) is 28.2. The molecule has 9 heteroatoms. The molecular weight excluding hydrogens is 654 g/mol. The Kier molecular flexibility index (Phi) is 10.3. The van der Waals surface area contributed by atoms with Crippen LogP contribution in [-0.2, 0) is 29.3 Å². The Bertz CT molecular complexity index is 2210. The number of carboxylic acids is 1. The molecule has 1 heterocycles. The van der Waals surface area contributed by atoms with Crippen LogP contribution in [0, 0.1) is 11.3 Å². The number of halogens is 1. The number of nitriles is 1. The van der Waals surface area contributed by atoms with Crippen LogP contribution in [0.15, 0.2) is 132 Å². The molecule has 6 rings (SSSR count). The number of sulfonamides is 1. The minimum atomic E-state index is -3.97. The van der Waals surface area contributed by atoms with Gasteiger partial charge in [0, 0.05) is 34.6 Å². The highest BCUT2D eigenvalue weighted by atomic mass is 35.5. The van der Waals surface area contributed by atoms with Gasteiger partial charge in [-0.25, -0.2) is 17.9 Å². The van der Waals surface area contributed by atoms with Gasteiger partial charge >= 0.3 is 5.97 Å². The molecule has 7 nitrogen and oxygen atoms in total. The van der Waals surface area contributed by atoms with Crippen molar-refractivity contribution in [1.82, 2.24) is 9.29 Å². The standard InChI is InChI=1S/C40H34ClN3O4S/c41-33-22-23-36-35(26-33)34(16-9-10-28-18-20-31(21-19-28)40(45)46)37(24-25-43-49(47,48)38-17-8-7-15-32(38)27-42)44(36)39(29-11-3-1-4-12-29)30-13-5-2-6-14-30/h1-8,11-15,17-23,26,39,43H,9-10,16,24-25H2,(H,45,46). The van der Waals surface area contributed by atoms with Crippen molar-refractivity contribution in [3.8, 4) is 6.07 Å². The van der Waals surface area contributed by atoms with E-state index in [1.165, 1.54) is 12.1 Å². The Morgan fingerprint density at radius 1 is 0.816 bits per heavy atom. The third-order valence-corrected chi connectivity index (χ3v) is 10.5. The molecule has 0 spiro atoms. The number of rotatable bonds is 13. The number of fused-ring (bicyclic) bond motifs is 1. The number of benzene rings is 5. The lowest BCUT2D eigenvalue weighted by Crippen LogP contribution is -2.28. The van der Waals surface area contributed by atoms with Crippen LogP contribution in [0.5, 0.6) is 0 Å². The van der Waals surface area contributed by atoms with Crippen molar-refractivity contribution in [3.05, 3.63) is 171 Å². The normalized spacial score (nSPS) is 11.5. The molecule has 0 aliphatic carbocycles. The van der Waals surface area contributed by atoms with Crippen LogP contribution in [0.1, 0.15) is 56.3 Å². The topological polar surface area (TPSA) is 112 Å². The average Bonchev–Trinajstić information content (AvgIpc) is 3.40. The first-order valence-corrected chi connectivity index (χ1v) is 17.8. The van der Waals surface area contributed by atoms with E-state index in [1.807, 2.05) is 72.8 Å². The Morgan fingerprint density at radius 3 is 2.08 bits per heavy atom. The Balaban J connectivity index is 1.44. The highest BCUT2D eigenvalue weighted by Crippen LogP contribution is 2.38. The predicted molar refractivity (Wildman–Crippen MR) is 193 cm³/mol. The molecule has 0 saturated carbocycles. The fraction of sp³-hybridized carbons (Fsp3) is 0.150. The van der Waals surface area contributed by atoms with Crippen molar-refractivity contribution in [2.75, 3.05) is 6.54 Å². The summed E-state index contributed by atoms with van der Waals surface area (Å²) in [5, 5.41) is 20.5. The molecule has 0 bridgehead atoms. The summed E-state index contributed by atoms with van der Waals surface area (Å²) in [6.07, 6.45) is 2.55. The molecule has 0 aliphatic rings. The summed E-state index contributed by atoms with van der Waals surface area (Å²) >= 11 is 6.62. The molecule has 0 amide bonds. The molecule has 0 aliphatic heterocycles. The lowest BCUT2D eigenvalue weighted by Gasteiger charge is -2.25. The molecule has 6 aromatic rings. The van der Waals surface area contributed by atoms with Crippen LogP contribution in [0.25, 0.3) is 10.9 Å². The largest absolute Gasteiger partial charge is 0.478 e. The van der Waals surface area contributed by atoms with Crippen LogP contribution >= 0.6 is 11.6 Å². The van der Waals surface area contributed by atoms with Gasteiger partial charge in [-0.2, -0.15) is 5.26 Å². The molecule has 0 atom stereocenters. The average molecular weight is 688 g/mol. The van der Waals surface area contributed by atoms with Gasteiger partial charge in [0.2, 0.25) is 10.0 Å². The number of aryl methyl sites for hydroxylation is 2. The van der Waals surface area contributed by atoms with E-state index in [2.05, 4.69) is 33.6 Å². The first-order chi connectivity index (χ1) is 23.8. The first-order valence-electron chi connectivity index (χ1n) is 16.0. The van der Waals surface area contributed by atoms with E-state index in [0.29, 0.717) is 17.9 Å². The van der Waals surface area contributed by atoms with E-state index < -0.39 is 16.0 Å². The number of aromatic carboxylic acids is 1. The number of nitrogens with zero attached hydrogens (tertiary/aromatic N) is 2. The van der Waals surface area contributed by atoms with Crippen molar-refractivity contribution in [2.45, 2.75) is 36.6 Å². The second kappa shape index (κ2) is 14.9. The number of nitrogens with one attached hydrogen (secondary N) is 1. The molecule has 49 heavy (non-hydrogen) atoms. The van der Waals surface area contributed by atoms with E-state index in [-0.39, 0.29) is 28.6 Å². The summed E-state index contributed by atoms with van der Waals surface area (Å²) in [5.74, 6) is -0.959. The van der Waals surface area contributed by atoms with Gasteiger partial charge in [0.15, 0.2) is 0 Å². The summed E-state index contributed by atoms with van der Waals surface area (Å²) in [6.45, 7) is 0.103. The molecule has 0 unspecified atom stereocenters. The third kappa shape index (κ3) is 7.45. The van der Waals surface area contributed by atoms with Crippen LogP contribution in [-0.4, -0.2) is 30.6 Å². The fourth-order valence-corrected chi connectivity index (χ4v) is 7.83. The third-order valence-electron chi connectivity index (χ3n) is 8.72. The number of carbonyl (C=O) groups is 1. The summed E-state index contributed by atoms with van der Waals surface area (Å²) in [6, 6.07) is 41.2.